The molecule has 1 aliphatic carbocycles. The molecular formula is C12H18N2O. The molecule has 0 aliphatic heterocycles. The standard InChI is InChI=1S/C12H18N2O/c1-8(2)13-10-4-5-11-9(7-10)3-6-12(15)14-11/h3,6,8,10,13H,4-5,7H2,1-2H3,(H,14,15)/t10-/m0/s1. The van der Waals surface area contributed by atoms with E-state index in [0.29, 0.717) is 12.1 Å². The van der Waals surface area contributed by atoms with E-state index in [2.05, 4.69) is 24.1 Å². The number of fused-ring (bicyclic) bond motifs is 1. The summed E-state index contributed by atoms with van der Waals surface area (Å²) in [6, 6.07) is 4.67. The summed E-state index contributed by atoms with van der Waals surface area (Å²) in [4.78, 5) is 14.0. The molecule has 0 unspecified atom stereocenters. The van der Waals surface area contributed by atoms with Crippen LogP contribution >= 0.6 is 0 Å². The first-order valence-corrected chi connectivity index (χ1v) is 5.62. The van der Waals surface area contributed by atoms with Crippen LogP contribution < -0.4 is 10.9 Å². The normalized spacial score (nSPS) is 20.3. The van der Waals surface area contributed by atoms with E-state index in [9.17, 15) is 4.79 Å². The summed E-state index contributed by atoms with van der Waals surface area (Å²) in [6.45, 7) is 4.34. The van der Waals surface area contributed by atoms with Crippen LogP contribution in [-0.4, -0.2) is 17.1 Å². The predicted octanol–water partition coefficient (Wildman–Crippen LogP) is 1.23. The number of pyridine rings is 1. The van der Waals surface area contributed by atoms with Crippen LogP contribution in [-0.2, 0) is 12.8 Å². The maximum atomic E-state index is 11.1. The molecule has 1 aromatic rings. The Bertz CT molecular complexity index is 395. The van der Waals surface area contributed by atoms with Crippen LogP contribution in [0.5, 0.6) is 0 Å². The molecule has 1 heterocycles. The molecule has 0 amide bonds. The van der Waals surface area contributed by atoms with Crippen LogP contribution in [0.4, 0.5) is 0 Å². The van der Waals surface area contributed by atoms with Gasteiger partial charge < -0.3 is 10.3 Å². The zero-order valence-electron chi connectivity index (χ0n) is 9.34. The molecule has 0 radical (unpaired) electrons. The molecule has 0 saturated carbocycles. The zero-order chi connectivity index (χ0) is 10.8. The summed E-state index contributed by atoms with van der Waals surface area (Å²) in [6.07, 6.45) is 3.13. The monoisotopic (exact) mass is 206 g/mol. The van der Waals surface area contributed by atoms with Gasteiger partial charge in [0.2, 0.25) is 5.56 Å². The highest BCUT2D eigenvalue weighted by Gasteiger charge is 2.19. The van der Waals surface area contributed by atoms with Crippen LogP contribution in [0.15, 0.2) is 16.9 Å². The third-order valence-electron chi connectivity index (χ3n) is 2.88. The highest BCUT2D eigenvalue weighted by Crippen LogP contribution is 2.18. The van der Waals surface area contributed by atoms with Crippen LogP contribution in [0.1, 0.15) is 31.5 Å². The minimum atomic E-state index is 0.0176. The van der Waals surface area contributed by atoms with Crippen molar-refractivity contribution in [3.63, 3.8) is 0 Å². The van der Waals surface area contributed by atoms with Gasteiger partial charge in [-0.15, -0.1) is 0 Å². The Hall–Kier alpha value is -1.09. The van der Waals surface area contributed by atoms with E-state index in [4.69, 9.17) is 0 Å². The molecule has 3 nitrogen and oxygen atoms in total. The van der Waals surface area contributed by atoms with Crippen molar-refractivity contribution in [2.24, 2.45) is 0 Å². The molecule has 0 bridgehead atoms. The van der Waals surface area contributed by atoms with Gasteiger partial charge in [0.25, 0.3) is 0 Å². The number of hydrogen-bond acceptors (Lipinski definition) is 2. The lowest BCUT2D eigenvalue weighted by atomic mass is 9.91. The second-order valence-corrected chi connectivity index (χ2v) is 4.59. The molecular weight excluding hydrogens is 188 g/mol. The average molecular weight is 206 g/mol. The molecule has 1 aromatic heterocycles. The lowest BCUT2D eigenvalue weighted by Gasteiger charge is -2.26. The third-order valence-corrected chi connectivity index (χ3v) is 2.88. The number of rotatable bonds is 2. The van der Waals surface area contributed by atoms with Crippen LogP contribution in [0.25, 0.3) is 0 Å². The fraction of sp³-hybridized carbons (Fsp3) is 0.583. The lowest BCUT2D eigenvalue weighted by molar-refractivity contribution is 0.418. The maximum Gasteiger partial charge on any atom is 0.248 e. The van der Waals surface area contributed by atoms with Crippen molar-refractivity contribution >= 4 is 0 Å². The molecule has 15 heavy (non-hydrogen) atoms. The molecule has 0 spiro atoms. The Balaban J connectivity index is 2.13. The van der Waals surface area contributed by atoms with Crippen LogP contribution in [0.3, 0.4) is 0 Å². The van der Waals surface area contributed by atoms with Gasteiger partial charge in [0.1, 0.15) is 0 Å². The molecule has 1 aliphatic rings. The first-order chi connectivity index (χ1) is 7.15. The van der Waals surface area contributed by atoms with Gasteiger partial charge in [0, 0.05) is 23.8 Å². The summed E-state index contributed by atoms with van der Waals surface area (Å²) in [5.41, 5.74) is 2.44. The Morgan fingerprint density at radius 3 is 3.00 bits per heavy atom. The Morgan fingerprint density at radius 1 is 1.47 bits per heavy atom. The Morgan fingerprint density at radius 2 is 2.27 bits per heavy atom. The van der Waals surface area contributed by atoms with Gasteiger partial charge in [-0.2, -0.15) is 0 Å². The van der Waals surface area contributed by atoms with E-state index in [1.165, 1.54) is 5.56 Å². The van der Waals surface area contributed by atoms with E-state index in [1.807, 2.05) is 6.07 Å². The zero-order valence-corrected chi connectivity index (χ0v) is 9.34. The highest BCUT2D eigenvalue weighted by atomic mass is 16.1. The highest BCUT2D eigenvalue weighted by molar-refractivity contribution is 5.23. The van der Waals surface area contributed by atoms with E-state index in [0.717, 1.165) is 25.0 Å². The topological polar surface area (TPSA) is 44.9 Å². The summed E-state index contributed by atoms with van der Waals surface area (Å²) in [7, 11) is 0. The molecule has 82 valence electrons. The predicted molar refractivity (Wildman–Crippen MR) is 61.1 cm³/mol. The van der Waals surface area contributed by atoms with Crippen molar-refractivity contribution in [3.05, 3.63) is 33.7 Å². The van der Waals surface area contributed by atoms with Gasteiger partial charge >= 0.3 is 0 Å². The molecule has 1 atom stereocenters. The number of aromatic amines is 1. The van der Waals surface area contributed by atoms with E-state index >= 15 is 0 Å². The lowest BCUT2D eigenvalue weighted by Crippen LogP contribution is -2.39. The van der Waals surface area contributed by atoms with Gasteiger partial charge in [0.15, 0.2) is 0 Å². The van der Waals surface area contributed by atoms with Gasteiger partial charge in [-0.1, -0.05) is 19.9 Å². The quantitative estimate of drug-likeness (QED) is 0.764. The van der Waals surface area contributed by atoms with Crippen molar-refractivity contribution in [3.8, 4) is 0 Å². The molecule has 0 fully saturated rings. The smallest absolute Gasteiger partial charge is 0.248 e. The SMILES string of the molecule is CC(C)N[C@H]1CCc2[nH]c(=O)ccc2C1. The third kappa shape index (κ3) is 2.48. The Kier molecular flexibility index (Phi) is 2.91. The van der Waals surface area contributed by atoms with Gasteiger partial charge in [-0.3, -0.25) is 4.79 Å². The molecule has 2 rings (SSSR count). The van der Waals surface area contributed by atoms with Gasteiger partial charge in [0.05, 0.1) is 0 Å². The number of hydrogen-bond donors (Lipinski definition) is 2. The summed E-state index contributed by atoms with van der Waals surface area (Å²) >= 11 is 0. The van der Waals surface area contributed by atoms with E-state index < -0.39 is 0 Å². The second kappa shape index (κ2) is 4.19. The number of aromatic nitrogens is 1. The van der Waals surface area contributed by atoms with Gasteiger partial charge in [-0.05, 0) is 24.8 Å². The minimum Gasteiger partial charge on any atom is -0.326 e. The number of H-pyrrole nitrogens is 1. The fourth-order valence-electron chi connectivity index (χ4n) is 2.26. The molecule has 0 aromatic carbocycles. The number of aryl methyl sites for hydroxylation is 1. The average Bonchev–Trinajstić information content (AvgIpc) is 2.17. The van der Waals surface area contributed by atoms with Crippen LogP contribution in [0.2, 0.25) is 0 Å². The largest absolute Gasteiger partial charge is 0.326 e. The first kappa shape index (κ1) is 10.4. The fourth-order valence-corrected chi connectivity index (χ4v) is 2.26. The van der Waals surface area contributed by atoms with Gasteiger partial charge in [-0.25, -0.2) is 0 Å². The Labute approximate surface area is 89.9 Å². The van der Waals surface area contributed by atoms with Crippen molar-refractivity contribution in [1.29, 1.82) is 0 Å². The summed E-state index contributed by atoms with van der Waals surface area (Å²) in [5.74, 6) is 0. The first-order valence-electron chi connectivity index (χ1n) is 5.62. The van der Waals surface area contributed by atoms with Crippen LogP contribution in [0, 0.1) is 0 Å². The summed E-state index contributed by atoms with van der Waals surface area (Å²) < 4.78 is 0. The minimum absolute atomic E-state index is 0.0176. The van der Waals surface area contributed by atoms with Crippen molar-refractivity contribution in [2.75, 3.05) is 0 Å². The van der Waals surface area contributed by atoms with Crippen molar-refractivity contribution in [2.45, 2.75) is 45.2 Å². The molecule has 2 N–H and O–H groups in total. The number of nitrogens with one attached hydrogen (secondary N) is 2. The summed E-state index contributed by atoms with van der Waals surface area (Å²) in [5, 5.41) is 3.55. The molecule has 0 saturated heterocycles. The van der Waals surface area contributed by atoms with E-state index in [1.54, 1.807) is 6.07 Å². The van der Waals surface area contributed by atoms with Crippen molar-refractivity contribution < 1.29 is 0 Å². The van der Waals surface area contributed by atoms with E-state index in [-0.39, 0.29) is 5.56 Å². The second-order valence-electron chi connectivity index (χ2n) is 4.59. The van der Waals surface area contributed by atoms with Crippen molar-refractivity contribution in [1.82, 2.24) is 10.3 Å². The molecule has 3 heteroatoms. The maximum absolute atomic E-state index is 11.1.